The first-order valence-electron chi connectivity index (χ1n) is 8.71. The molecule has 4 heteroatoms. The number of rotatable bonds is 3. The van der Waals surface area contributed by atoms with Gasteiger partial charge in [0.15, 0.2) is 0 Å². The highest BCUT2D eigenvalue weighted by Crippen LogP contribution is 2.20. The van der Waals surface area contributed by atoms with Crippen LogP contribution in [0.15, 0.2) is 67.0 Å². The molecule has 1 aliphatic heterocycles. The summed E-state index contributed by atoms with van der Waals surface area (Å²) in [7, 11) is 0. The van der Waals surface area contributed by atoms with Crippen molar-refractivity contribution < 1.29 is 4.79 Å². The number of carbonyl (C=O) groups excluding carboxylic acids is 1. The molecule has 1 aromatic heterocycles. The molecule has 1 fully saturated rings. The van der Waals surface area contributed by atoms with Crippen molar-refractivity contribution in [3.63, 3.8) is 0 Å². The van der Waals surface area contributed by atoms with Gasteiger partial charge >= 0.3 is 0 Å². The molecule has 4 rings (SSSR count). The van der Waals surface area contributed by atoms with E-state index in [1.165, 1.54) is 16.5 Å². The van der Waals surface area contributed by atoms with Crippen molar-refractivity contribution in [1.82, 2.24) is 9.88 Å². The van der Waals surface area contributed by atoms with Gasteiger partial charge in [-0.3, -0.25) is 9.78 Å². The Hall–Kier alpha value is -2.88. The van der Waals surface area contributed by atoms with Gasteiger partial charge < -0.3 is 9.80 Å². The van der Waals surface area contributed by atoms with E-state index in [4.69, 9.17) is 0 Å². The lowest BCUT2D eigenvalue weighted by atomic mass is 10.0. The Labute approximate surface area is 147 Å². The number of hydrogen-bond donors (Lipinski definition) is 0. The van der Waals surface area contributed by atoms with Crippen molar-refractivity contribution in [2.75, 3.05) is 31.1 Å². The Kier molecular flexibility index (Phi) is 4.34. The molecule has 4 nitrogen and oxygen atoms in total. The smallest absolute Gasteiger partial charge is 0.227 e. The second-order valence-electron chi connectivity index (χ2n) is 6.39. The molecule has 126 valence electrons. The van der Waals surface area contributed by atoms with Crippen LogP contribution in [0, 0.1) is 0 Å². The monoisotopic (exact) mass is 331 g/mol. The van der Waals surface area contributed by atoms with Crippen LogP contribution in [-0.4, -0.2) is 42.0 Å². The molecule has 3 aromatic rings. The van der Waals surface area contributed by atoms with Gasteiger partial charge in [0.25, 0.3) is 0 Å². The quantitative estimate of drug-likeness (QED) is 0.740. The van der Waals surface area contributed by atoms with Crippen LogP contribution in [0.4, 0.5) is 5.69 Å². The van der Waals surface area contributed by atoms with E-state index in [0.717, 1.165) is 31.7 Å². The molecule has 0 spiro atoms. The van der Waals surface area contributed by atoms with E-state index in [0.29, 0.717) is 6.42 Å². The zero-order valence-corrected chi connectivity index (χ0v) is 14.1. The summed E-state index contributed by atoms with van der Waals surface area (Å²) in [6.45, 7) is 3.27. The van der Waals surface area contributed by atoms with Crippen molar-refractivity contribution in [3.8, 4) is 0 Å². The van der Waals surface area contributed by atoms with Crippen molar-refractivity contribution >= 4 is 22.4 Å². The van der Waals surface area contributed by atoms with Crippen molar-refractivity contribution in [1.29, 1.82) is 0 Å². The fourth-order valence-corrected chi connectivity index (χ4v) is 3.49. The van der Waals surface area contributed by atoms with E-state index in [2.05, 4.69) is 34.1 Å². The predicted molar refractivity (Wildman–Crippen MR) is 101 cm³/mol. The lowest BCUT2D eigenvalue weighted by Gasteiger charge is -2.36. The van der Waals surface area contributed by atoms with Crippen molar-refractivity contribution in [3.05, 3.63) is 72.6 Å². The number of amides is 1. The first-order valence-corrected chi connectivity index (χ1v) is 8.71. The molecular weight excluding hydrogens is 310 g/mol. The van der Waals surface area contributed by atoms with Gasteiger partial charge in [0.2, 0.25) is 5.91 Å². The molecule has 2 heterocycles. The molecule has 1 aliphatic rings. The van der Waals surface area contributed by atoms with Crippen LogP contribution in [0.25, 0.3) is 10.8 Å². The predicted octanol–water partition coefficient (Wildman–Crippen LogP) is 3.13. The topological polar surface area (TPSA) is 36.4 Å². The van der Waals surface area contributed by atoms with E-state index in [1.54, 1.807) is 0 Å². The number of nitrogens with zero attached hydrogens (tertiary/aromatic N) is 3. The summed E-state index contributed by atoms with van der Waals surface area (Å²) in [5.41, 5.74) is 2.29. The first kappa shape index (κ1) is 15.6. The Morgan fingerprint density at radius 2 is 1.60 bits per heavy atom. The summed E-state index contributed by atoms with van der Waals surface area (Å²) < 4.78 is 0. The zero-order valence-electron chi connectivity index (χ0n) is 14.1. The number of anilines is 1. The molecule has 0 atom stereocenters. The molecule has 0 N–H and O–H groups in total. The third-order valence-corrected chi connectivity index (χ3v) is 4.88. The highest BCUT2D eigenvalue weighted by Gasteiger charge is 2.21. The van der Waals surface area contributed by atoms with E-state index in [-0.39, 0.29) is 5.91 Å². The van der Waals surface area contributed by atoms with Gasteiger partial charge in [0.05, 0.1) is 6.42 Å². The number of fused-ring (bicyclic) bond motifs is 1. The fourth-order valence-electron chi connectivity index (χ4n) is 3.49. The van der Waals surface area contributed by atoms with Gasteiger partial charge in [-0.2, -0.15) is 0 Å². The molecule has 0 unspecified atom stereocenters. The van der Waals surface area contributed by atoms with Gasteiger partial charge in [0.1, 0.15) is 0 Å². The Morgan fingerprint density at radius 3 is 2.40 bits per heavy atom. The van der Waals surface area contributed by atoms with E-state index in [1.807, 2.05) is 47.6 Å². The maximum atomic E-state index is 12.8. The summed E-state index contributed by atoms with van der Waals surface area (Å²) in [6.07, 6.45) is 4.09. The number of aromatic nitrogens is 1. The van der Waals surface area contributed by atoms with E-state index in [9.17, 15) is 4.79 Å². The second-order valence-corrected chi connectivity index (χ2v) is 6.39. The summed E-state index contributed by atoms with van der Waals surface area (Å²) in [5.74, 6) is 0.214. The van der Waals surface area contributed by atoms with Crippen LogP contribution in [0.5, 0.6) is 0 Å². The van der Waals surface area contributed by atoms with Crippen LogP contribution in [-0.2, 0) is 11.2 Å². The number of piperazine rings is 1. The number of benzene rings is 2. The minimum atomic E-state index is 0.214. The van der Waals surface area contributed by atoms with Gasteiger partial charge in [-0.05, 0) is 28.5 Å². The molecule has 25 heavy (non-hydrogen) atoms. The molecule has 0 aliphatic carbocycles. The molecule has 1 saturated heterocycles. The average molecular weight is 331 g/mol. The van der Waals surface area contributed by atoms with Crippen LogP contribution in [0.2, 0.25) is 0 Å². The van der Waals surface area contributed by atoms with Crippen LogP contribution in [0.1, 0.15) is 5.56 Å². The lowest BCUT2D eigenvalue weighted by Crippen LogP contribution is -2.49. The summed E-state index contributed by atoms with van der Waals surface area (Å²) in [4.78, 5) is 21.1. The highest BCUT2D eigenvalue weighted by atomic mass is 16.2. The molecule has 0 saturated carbocycles. The minimum absolute atomic E-state index is 0.214. The van der Waals surface area contributed by atoms with Crippen LogP contribution < -0.4 is 4.90 Å². The Morgan fingerprint density at radius 1 is 0.880 bits per heavy atom. The number of hydrogen-bond acceptors (Lipinski definition) is 3. The SMILES string of the molecule is O=C(Cc1cccc2ccccc12)N1CCN(c2ccncc2)CC1. The Balaban J connectivity index is 1.42. The largest absolute Gasteiger partial charge is 0.368 e. The average Bonchev–Trinajstić information content (AvgIpc) is 2.69. The Bertz CT molecular complexity index is 865. The normalized spacial score (nSPS) is 14.7. The molecule has 2 aromatic carbocycles. The minimum Gasteiger partial charge on any atom is -0.368 e. The molecule has 1 amide bonds. The second kappa shape index (κ2) is 6.93. The van der Waals surface area contributed by atoms with E-state index >= 15 is 0 Å². The number of pyridine rings is 1. The van der Waals surface area contributed by atoms with Gasteiger partial charge in [-0.1, -0.05) is 42.5 Å². The number of carbonyl (C=O) groups is 1. The highest BCUT2D eigenvalue weighted by molar-refractivity contribution is 5.90. The maximum Gasteiger partial charge on any atom is 0.227 e. The van der Waals surface area contributed by atoms with E-state index < -0.39 is 0 Å². The fraction of sp³-hybridized carbons (Fsp3) is 0.238. The van der Waals surface area contributed by atoms with Crippen molar-refractivity contribution in [2.24, 2.45) is 0 Å². The third kappa shape index (κ3) is 3.33. The third-order valence-electron chi connectivity index (χ3n) is 4.88. The molecule has 0 bridgehead atoms. The zero-order chi connectivity index (χ0) is 17.1. The summed E-state index contributed by atoms with van der Waals surface area (Å²) >= 11 is 0. The van der Waals surface area contributed by atoms with Crippen molar-refractivity contribution in [2.45, 2.75) is 6.42 Å². The standard InChI is InChI=1S/C21H21N3O/c25-21(16-18-6-3-5-17-4-1-2-7-20(17)18)24-14-12-23(13-15-24)19-8-10-22-11-9-19/h1-11H,12-16H2. The lowest BCUT2D eigenvalue weighted by molar-refractivity contribution is -0.130. The van der Waals surface area contributed by atoms with Gasteiger partial charge in [-0.15, -0.1) is 0 Å². The van der Waals surface area contributed by atoms with Crippen LogP contribution in [0.3, 0.4) is 0 Å². The molecule has 0 radical (unpaired) electrons. The van der Waals surface area contributed by atoms with Gasteiger partial charge in [-0.25, -0.2) is 0 Å². The summed E-state index contributed by atoms with van der Waals surface area (Å²) in [6, 6.07) is 18.5. The maximum absolute atomic E-state index is 12.8. The summed E-state index contributed by atoms with van der Waals surface area (Å²) in [5, 5.41) is 2.36. The first-order chi connectivity index (χ1) is 12.3. The van der Waals surface area contributed by atoms with Gasteiger partial charge in [0, 0.05) is 44.3 Å². The van der Waals surface area contributed by atoms with Crippen LogP contribution >= 0.6 is 0 Å². The molecular formula is C21H21N3O.